The molecular weight excluding hydrogens is 373 g/mol. The molecule has 1 heterocycles. The summed E-state index contributed by atoms with van der Waals surface area (Å²) in [6, 6.07) is 12.6. The van der Waals surface area contributed by atoms with Crippen LogP contribution in [0.1, 0.15) is 19.4 Å². The lowest BCUT2D eigenvalue weighted by molar-refractivity contribution is 0.203. The fraction of sp³-hybridized carbons (Fsp3) is 0.227. The van der Waals surface area contributed by atoms with E-state index in [0.29, 0.717) is 16.3 Å². The zero-order valence-corrected chi connectivity index (χ0v) is 16.3. The Morgan fingerprint density at radius 1 is 1.24 bits per heavy atom. The molecule has 3 rings (SSSR count). The average molecular weight is 393 g/mol. The molecule has 0 aliphatic carbocycles. The van der Waals surface area contributed by atoms with E-state index in [0.717, 1.165) is 4.90 Å². The van der Waals surface area contributed by atoms with Gasteiger partial charge in [0.15, 0.2) is 0 Å². The van der Waals surface area contributed by atoms with Gasteiger partial charge in [0.1, 0.15) is 11.6 Å². The highest BCUT2D eigenvalue weighted by atomic mass is 19.1. The number of carboxylic acid groups (broad SMARTS) is 1. The van der Waals surface area contributed by atoms with Crippen molar-refractivity contribution in [1.82, 2.24) is 4.57 Å². The van der Waals surface area contributed by atoms with Gasteiger partial charge in [0.2, 0.25) is 0 Å². The number of anilines is 1. The highest BCUT2D eigenvalue weighted by molar-refractivity contribution is 6.05. The first-order valence-corrected chi connectivity index (χ1v) is 9.08. The van der Waals surface area contributed by atoms with Gasteiger partial charge in [-0.05, 0) is 30.2 Å². The first-order chi connectivity index (χ1) is 13.8. The summed E-state index contributed by atoms with van der Waals surface area (Å²) in [5.41, 5.74) is 0.329. The molecule has 1 amide bonds. The molecule has 3 aromatic rings. The fourth-order valence-electron chi connectivity index (χ4n) is 3.41. The molecule has 148 valence electrons. The van der Waals surface area contributed by atoms with E-state index in [1.165, 1.54) is 48.0 Å². The number of nitrogens with zero attached hydrogens (tertiary/aromatic N) is 3. The second-order valence-corrected chi connectivity index (χ2v) is 7.20. The van der Waals surface area contributed by atoms with Gasteiger partial charge in [-0.25, -0.2) is 9.18 Å². The Bertz CT molecular complexity index is 1210. The van der Waals surface area contributed by atoms with Crippen LogP contribution in [0, 0.1) is 23.1 Å². The van der Waals surface area contributed by atoms with Crippen molar-refractivity contribution < 1.29 is 14.3 Å². The van der Waals surface area contributed by atoms with Crippen LogP contribution in [0.4, 0.5) is 15.0 Å². The van der Waals surface area contributed by atoms with Crippen LogP contribution in [0.15, 0.2) is 47.3 Å². The van der Waals surface area contributed by atoms with E-state index in [-0.39, 0.29) is 35.0 Å². The van der Waals surface area contributed by atoms with Crippen LogP contribution in [0.25, 0.3) is 21.9 Å². The van der Waals surface area contributed by atoms with Crippen molar-refractivity contribution in [1.29, 1.82) is 5.26 Å². The Kier molecular flexibility index (Phi) is 5.37. The van der Waals surface area contributed by atoms with E-state index < -0.39 is 11.9 Å². The van der Waals surface area contributed by atoms with E-state index in [1.807, 2.05) is 19.9 Å². The molecule has 0 aliphatic rings. The van der Waals surface area contributed by atoms with Gasteiger partial charge < -0.3 is 5.11 Å². The smallest absolute Gasteiger partial charge is 0.412 e. The maximum absolute atomic E-state index is 14.8. The van der Waals surface area contributed by atoms with E-state index >= 15 is 0 Å². The summed E-state index contributed by atoms with van der Waals surface area (Å²) in [5, 5.41) is 19.6. The number of halogens is 1. The van der Waals surface area contributed by atoms with Gasteiger partial charge >= 0.3 is 6.09 Å². The minimum atomic E-state index is -1.28. The van der Waals surface area contributed by atoms with Crippen LogP contribution in [-0.2, 0) is 6.54 Å². The summed E-state index contributed by atoms with van der Waals surface area (Å²) >= 11 is 0. The maximum Gasteiger partial charge on any atom is 0.412 e. The zero-order valence-electron chi connectivity index (χ0n) is 16.3. The molecule has 0 atom stereocenters. The number of hydrogen-bond donors (Lipinski definition) is 1. The third kappa shape index (κ3) is 3.57. The minimum absolute atomic E-state index is 0.0398. The van der Waals surface area contributed by atoms with E-state index in [9.17, 15) is 24.3 Å². The Morgan fingerprint density at radius 3 is 2.52 bits per heavy atom. The van der Waals surface area contributed by atoms with Crippen LogP contribution in [0.3, 0.4) is 0 Å². The van der Waals surface area contributed by atoms with E-state index in [2.05, 4.69) is 0 Å². The van der Waals surface area contributed by atoms with Gasteiger partial charge in [0.05, 0.1) is 11.6 Å². The summed E-state index contributed by atoms with van der Waals surface area (Å²) in [7, 11) is 1.32. The van der Waals surface area contributed by atoms with Crippen molar-refractivity contribution in [2.45, 2.75) is 20.4 Å². The number of aromatic nitrogens is 1. The molecule has 0 radical (unpaired) electrons. The number of hydrogen-bond acceptors (Lipinski definition) is 3. The number of carbonyl (C=O) groups is 1. The first kappa shape index (κ1) is 20.1. The van der Waals surface area contributed by atoms with Crippen molar-refractivity contribution in [3.63, 3.8) is 0 Å². The van der Waals surface area contributed by atoms with Crippen molar-refractivity contribution >= 4 is 22.7 Å². The molecule has 1 aromatic heterocycles. The second-order valence-electron chi connectivity index (χ2n) is 7.20. The largest absolute Gasteiger partial charge is 0.465 e. The average Bonchev–Trinajstić information content (AvgIpc) is 2.69. The molecule has 6 nitrogen and oxygen atoms in total. The molecular formula is C22H20FN3O3. The van der Waals surface area contributed by atoms with Gasteiger partial charge in [0.25, 0.3) is 5.56 Å². The molecule has 0 bridgehead atoms. The number of fused-ring (bicyclic) bond motifs is 1. The molecule has 29 heavy (non-hydrogen) atoms. The summed E-state index contributed by atoms with van der Waals surface area (Å²) in [6.07, 6.45) is -1.28. The quantitative estimate of drug-likeness (QED) is 0.709. The Balaban J connectivity index is 2.61. The number of rotatable bonds is 4. The fourth-order valence-corrected chi connectivity index (χ4v) is 3.41. The highest BCUT2D eigenvalue weighted by Crippen LogP contribution is 2.38. The number of amides is 1. The van der Waals surface area contributed by atoms with Gasteiger partial charge in [0, 0.05) is 35.5 Å². The van der Waals surface area contributed by atoms with Gasteiger partial charge in [-0.1, -0.05) is 32.0 Å². The first-order valence-electron chi connectivity index (χ1n) is 9.08. The van der Waals surface area contributed by atoms with Gasteiger partial charge in [-0.2, -0.15) is 5.26 Å². The second kappa shape index (κ2) is 7.76. The number of benzene rings is 2. The predicted octanol–water partition coefficient (Wildman–Crippen LogP) is 4.45. The van der Waals surface area contributed by atoms with Crippen molar-refractivity contribution in [2.75, 3.05) is 11.9 Å². The van der Waals surface area contributed by atoms with Crippen molar-refractivity contribution in [3.8, 4) is 17.2 Å². The van der Waals surface area contributed by atoms with Gasteiger partial charge in [-0.15, -0.1) is 0 Å². The minimum Gasteiger partial charge on any atom is -0.465 e. The SMILES string of the molecule is CC(C)Cn1c(N(C)C(=O)O)c(-c2ccccc2F)c2cc(C#N)ccc2c1=O. The number of pyridine rings is 1. The normalized spacial score (nSPS) is 10.9. The van der Waals surface area contributed by atoms with Crippen LogP contribution in [-0.4, -0.2) is 22.8 Å². The molecule has 0 aliphatic heterocycles. The molecule has 7 heteroatoms. The summed E-state index contributed by atoms with van der Waals surface area (Å²) in [4.78, 5) is 26.0. The van der Waals surface area contributed by atoms with Crippen molar-refractivity contribution in [3.05, 3.63) is 64.2 Å². The highest BCUT2D eigenvalue weighted by Gasteiger charge is 2.26. The lowest BCUT2D eigenvalue weighted by Gasteiger charge is -2.26. The Morgan fingerprint density at radius 2 is 1.93 bits per heavy atom. The summed E-state index contributed by atoms with van der Waals surface area (Å²) < 4.78 is 16.2. The molecule has 0 saturated heterocycles. The Hall–Kier alpha value is -3.66. The lowest BCUT2D eigenvalue weighted by atomic mass is 9.96. The van der Waals surface area contributed by atoms with E-state index in [1.54, 1.807) is 6.07 Å². The topological polar surface area (TPSA) is 86.3 Å². The Labute approximate surface area is 167 Å². The molecule has 2 aromatic carbocycles. The van der Waals surface area contributed by atoms with Crippen LogP contribution < -0.4 is 10.5 Å². The van der Waals surface area contributed by atoms with E-state index in [4.69, 9.17) is 0 Å². The molecule has 0 unspecified atom stereocenters. The van der Waals surface area contributed by atoms with Gasteiger partial charge in [-0.3, -0.25) is 14.3 Å². The lowest BCUT2D eigenvalue weighted by Crippen LogP contribution is -2.34. The molecule has 0 saturated carbocycles. The molecule has 0 fully saturated rings. The molecule has 0 spiro atoms. The summed E-state index contributed by atoms with van der Waals surface area (Å²) in [6.45, 7) is 4.06. The number of nitriles is 1. The zero-order chi connectivity index (χ0) is 21.3. The molecule has 1 N–H and O–H groups in total. The maximum atomic E-state index is 14.8. The monoisotopic (exact) mass is 393 g/mol. The van der Waals surface area contributed by atoms with Crippen LogP contribution in [0.5, 0.6) is 0 Å². The third-order valence-electron chi connectivity index (χ3n) is 4.67. The third-order valence-corrected chi connectivity index (χ3v) is 4.67. The van der Waals surface area contributed by atoms with Crippen LogP contribution in [0.2, 0.25) is 0 Å². The summed E-state index contributed by atoms with van der Waals surface area (Å²) in [5.74, 6) is -0.437. The van der Waals surface area contributed by atoms with Crippen molar-refractivity contribution in [2.24, 2.45) is 5.92 Å². The van der Waals surface area contributed by atoms with Crippen LogP contribution >= 0.6 is 0 Å². The standard InChI is InChI=1S/C22H20FN3O3/c1-13(2)12-26-20(25(3)22(28)29)19(16-6-4-5-7-18(16)23)17-10-14(11-24)8-9-15(17)21(26)27/h4-10,13H,12H2,1-3H3,(H,28,29). The predicted molar refractivity (Wildman–Crippen MR) is 110 cm³/mol.